The largest absolute Gasteiger partial charge is 0.485 e. The monoisotopic (exact) mass is 263 g/mol. The summed E-state index contributed by atoms with van der Waals surface area (Å²) in [6.07, 6.45) is -0.470. The maximum absolute atomic E-state index is 8.94. The smallest absolute Gasteiger partial charge is 0.271 e. The summed E-state index contributed by atoms with van der Waals surface area (Å²) < 4.78 is 16.4. The van der Waals surface area contributed by atoms with Crippen LogP contribution in [0.25, 0.3) is 0 Å². The Morgan fingerprint density at radius 1 is 1.37 bits per heavy atom. The maximum atomic E-state index is 8.94. The molecule has 0 amide bonds. The standard InChI is InChI=1S/C12H13N3O4/c13-7(5-16)11-14-12(19-15-11)10-6-17-8-3-1-2-4-9(8)18-10/h1-4,7,10,16H,5-6,13H2. The van der Waals surface area contributed by atoms with Crippen molar-refractivity contribution in [1.82, 2.24) is 10.1 Å². The molecule has 0 radical (unpaired) electrons. The molecule has 0 spiro atoms. The van der Waals surface area contributed by atoms with Gasteiger partial charge in [0.1, 0.15) is 6.61 Å². The maximum Gasteiger partial charge on any atom is 0.271 e. The lowest BCUT2D eigenvalue weighted by atomic mass is 10.2. The number of rotatable bonds is 3. The van der Waals surface area contributed by atoms with Gasteiger partial charge in [0.2, 0.25) is 6.10 Å². The van der Waals surface area contributed by atoms with Crippen molar-refractivity contribution in [2.24, 2.45) is 5.73 Å². The van der Waals surface area contributed by atoms with Crippen LogP contribution in [-0.2, 0) is 0 Å². The number of aliphatic hydroxyl groups excluding tert-OH is 1. The summed E-state index contributed by atoms with van der Waals surface area (Å²) in [5.74, 6) is 1.85. The van der Waals surface area contributed by atoms with Gasteiger partial charge in [-0.05, 0) is 12.1 Å². The third-order valence-corrected chi connectivity index (χ3v) is 2.77. The second-order valence-electron chi connectivity index (χ2n) is 4.14. The Balaban J connectivity index is 1.79. The Kier molecular flexibility index (Phi) is 3.06. The Hall–Kier alpha value is -2.12. The molecule has 3 N–H and O–H groups in total. The number of ether oxygens (including phenoxy) is 2. The van der Waals surface area contributed by atoms with Crippen LogP contribution in [-0.4, -0.2) is 28.5 Å². The van der Waals surface area contributed by atoms with Gasteiger partial charge in [-0.2, -0.15) is 4.98 Å². The Labute approximate surface area is 108 Å². The number of hydrogen-bond donors (Lipinski definition) is 2. The van der Waals surface area contributed by atoms with Gasteiger partial charge in [-0.3, -0.25) is 0 Å². The first-order valence-corrected chi connectivity index (χ1v) is 5.86. The Bertz CT molecular complexity index is 572. The van der Waals surface area contributed by atoms with Crippen LogP contribution in [0.5, 0.6) is 11.5 Å². The SMILES string of the molecule is NC(CO)c1noc(C2COc3ccccc3O2)n1. The highest BCUT2D eigenvalue weighted by molar-refractivity contribution is 5.40. The van der Waals surface area contributed by atoms with E-state index in [0.29, 0.717) is 11.5 Å². The van der Waals surface area contributed by atoms with Crippen LogP contribution < -0.4 is 15.2 Å². The number of nitrogens with zero attached hydrogens (tertiary/aromatic N) is 2. The molecule has 1 aromatic heterocycles. The molecule has 2 aromatic rings. The summed E-state index contributed by atoms with van der Waals surface area (Å²) in [5, 5.41) is 12.6. The van der Waals surface area contributed by atoms with Gasteiger partial charge >= 0.3 is 0 Å². The Morgan fingerprint density at radius 2 is 2.16 bits per heavy atom. The number of nitrogens with two attached hydrogens (primary N) is 1. The van der Waals surface area contributed by atoms with Crippen LogP contribution in [0, 0.1) is 0 Å². The number of benzene rings is 1. The molecule has 0 bridgehead atoms. The van der Waals surface area contributed by atoms with E-state index in [1.807, 2.05) is 18.2 Å². The lowest BCUT2D eigenvalue weighted by molar-refractivity contribution is 0.0665. The lowest BCUT2D eigenvalue weighted by Crippen LogP contribution is -2.22. The van der Waals surface area contributed by atoms with Crippen molar-refractivity contribution in [3.8, 4) is 11.5 Å². The van der Waals surface area contributed by atoms with E-state index in [0.717, 1.165) is 0 Å². The van der Waals surface area contributed by atoms with Crippen molar-refractivity contribution in [2.45, 2.75) is 12.1 Å². The molecule has 1 aromatic carbocycles. The van der Waals surface area contributed by atoms with Crippen LogP contribution in [0.3, 0.4) is 0 Å². The molecule has 2 unspecified atom stereocenters. The van der Waals surface area contributed by atoms with Gasteiger partial charge in [0.15, 0.2) is 17.3 Å². The normalized spacial score (nSPS) is 19.2. The Morgan fingerprint density at radius 3 is 2.95 bits per heavy atom. The highest BCUT2D eigenvalue weighted by Crippen LogP contribution is 2.35. The molecule has 1 aliphatic heterocycles. The van der Waals surface area contributed by atoms with Gasteiger partial charge in [0.05, 0.1) is 12.6 Å². The minimum Gasteiger partial charge on any atom is -0.485 e. The first-order valence-electron chi connectivity index (χ1n) is 5.86. The molecule has 1 aliphatic rings. The number of aliphatic hydroxyl groups is 1. The highest BCUT2D eigenvalue weighted by atomic mass is 16.6. The summed E-state index contributed by atoms with van der Waals surface area (Å²) in [7, 11) is 0. The lowest BCUT2D eigenvalue weighted by Gasteiger charge is -2.23. The zero-order valence-corrected chi connectivity index (χ0v) is 10.0. The van der Waals surface area contributed by atoms with Crippen LogP contribution in [0.2, 0.25) is 0 Å². The third-order valence-electron chi connectivity index (χ3n) is 2.77. The predicted molar refractivity (Wildman–Crippen MR) is 63.6 cm³/mol. The van der Waals surface area contributed by atoms with E-state index in [9.17, 15) is 0 Å². The number of para-hydroxylation sites is 2. The van der Waals surface area contributed by atoms with Crippen molar-refractivity contribution in [3.05, 3.63) is 36.0 Å². The molecule has 3 rings (SSSR count). The van der Waals surface area contributed by atoms with Crippen LogP contribution >= 0.6 is 0 Å². The fourth-order valence-corrected chi connectivity index (χ4v) is 1.75. The summed E-state index contributed by atoms with van der Waals surface area (Å²) in [6.45, 7) is 0.0385. The number of hydrogen-bond acceptors (Lipinski definition) is 7. The third kappa shape index (κ3) is 2.25. The highest BCUT2D eigenvalue weighted by Gasteiger charge is 2.28. The molecule has 0 aliphatic carbocycles. The van der Waals surface area contributed by atoms with Crippen LogP contribution in [0.15, 0.2) is 28.8 Å². The molecule has 19 heavy (non-hydrogen) atoms. The molecule has 7 heteroatoms. The molecule has 0 fully saturated rings. The van der Waals surface area contributed by atoms with Gasteiger partial charge in [-0.1, -0.05) is 17.3 Å². The van der Waals surface area contributed by atoms with Gasteiger partial charge in [0.25, 0.3) is 5.89 Å². The minimum atomic E-state index is -0.658. The predicted octanol–water partition coefficient (Wildman–Crippen LogP) is 0.574. The summed E-state index contributed by atoms with van der Waals surface area (Å²) in [5.41, 5.74) is 5.61. The fourth-order valence-electron chi connectivity index (χ4n) is 1.75. The average Bonchev–Trinajstić information content (AvgIpc) is 2.95. The van der Waals surface area contributed by atoms with E-state index in [1.54, 1.807) is 6.07 Å². The molecule has 100 valence electrons. The molecule has 0 saturated carbocycles. The van der Waals surface area contributed by atoms with E-state index in [-0.39, 0.29) is 24.9 Å². The summed E-state index contributed by atoms with van der Waals surface area (Å²) in [6, 6.07) is 6.69. The number of fused-ring (bicyclic) bond motifs is 1. The van der Waals surface area contributed by atoms with Crippen molar-refractivity contribution >= 4 is 0 Å². The van der Waals surface area contributed by atoms with Crippen LogP contribution in [0.4, 0.5) is 0 Å². The minimum absolute atomic E-state index is 0.246. The number of aromatic nitrogens is 2. The average molecular weight is 263 g/mol. The molecular weight excluding hydrogens is 250 g/mol. The van der Waals surface area contributed by atoms with Gasteiger partial charge in [0, 0.05) is 0 Å². The van der Waals surface area contributed by atoms with Crippen LogP contribution in [0.1, 0.15) is 23.9 Å². The molecule has 7 nitrogen and oxygen atoms in total. The van der Waals surface area contributed by atoms with E-state index < -0.39 is 12.1 Å². The van der Waals surface area contributed by atoms with E-state index in [2.05, 4.69) is 10.1 Å². The van der Waals surface area contributed by atoms with Gasteiger partial charge in [-0.15, -0.1) is 0 Å². The topological polar surface area (TPSA) is 104 Å². The van der Waals surface area contributed by atoms with E-state index in [4.69, 9.17) is 24.8 Å². The zero-order valence-electron chi connectivity index (χ0n) is 10.0. The fraction of sp³-hybridized carbons (Fsp3) is 0.333. The molecule has 2 heterocycles. The first kappa shape index (κ1) is 11.9. The van der Waals surface area contributed by atoms with E-state index in [1.165, 1.54) is 0 Å². The van der Waals surface area contributed by atoms with Crippen molar-refractivity contribution in [3.63, 3.8) is 0 Å². The van der Waals surface area contributed by atoms with Crippen molar-refractivity contribution in [2.75, 3.05) is 13.2 Å². The zero-order chi connectivity index (χ0) is 13.2. The quantitative estimate of drug-likeness (QED) is 0.834. The second-order valence-corrected chi connectivity index (χ2v) is 4.14. The van der Waals surface area contributed by atoms with Gasteiger partial charge in [-0.25, -0.2) is 0 Å². The van der Waals surface area contributed by atoms with Gasteiger partial charge < -0.3 is 24.8 Å². The first-order chi connectivity index (χ1) is 9.28. The molecule has 0 saturated heterocycles. The van der Waals surface area contributed by atoms with Crippen molar-refractivity contribution < 1.29 is 19.1 Å². The van der Waals surface area contributed by atoms with Crippen molar-refractivity contribution in [1.29, 1.82) is 0 Å². The molecular formula is C12H13N3O4. The molecule has 2 atom stereocenters. The summed E-state index contributed by atoms with van der Waals surface area (Å²) in [4.78, 5) is 4.11. The summed E-state index contributed by atoms with van der Waals surface area (Å²) >= 11 is 0. The van der Waals surface area contributed by atoms with E-state index >= 15 is 0 Å². The second kappa shape index (κ2) is 4.87.